The highest BCUT2D eigenvalue weighted by molar-refractivity contribution is 5.78. The largest absolute Gasteiger partial charge is 0.342 e. The molecular formula is C16H26N4O2. The molecule has 1 saturated heterocycles. The van der Waals surface area contributed by atoms with Crippen LogP contribution in [0.5, 0.6) is 0 Å². The summed E-state index contributed by atoms with van der Waals surface area (Å²) in [5.74, 6) is 1.75. The summed E-state index contributed by atoms with van der Waals surface area (Å²) in [5, 5.41) is 4.09. The third kappa shape index (κ3) is 2.76. The molecule has 1 amide bonds. The van der Waals surface area contributed by atoms with Gasteiger partial charge in [-0.25, -0.2) is 0 Å². The van der Waals surface area contributed by atoms with E-state index in [0.29, 0.717) is 18.3 Å². The highest BCUT2D eigenvalue weighted by Gasteiger charge is 2.40. The third-order valence-electron chi connectivity index (χ3n) is 5.25. The number of nitrogens with two attached hydrogens (primary N) is 1. The summed E-state index contributed by atoms with van der Waals surface area (Å²) in [6.45, 7) is 5.56. The van der Waals surface area contributed by atoms with Crippen molar-refractivity contribution in [2.24, 2.45) is 11.7 Å². The second-order valence-corrected chi connectivity index (χ2v) is 6.90. The van der Waals surface area contributed by atoms with Gasteiger partial charge in [-0.2, -0.15) is 4.98 Å². The Morgan fingerprint density at radius 3 is 2.91 bits per heavy atom. The van der Waals surface area contributed by atoms with Crippen molar-refractivity contribution in [1.29, 1.82) is 0 Å². The van der Waals surface area contributed by atoms with E-state index in [0.717, 1.165) is 45.1 Å². The molecule has 1 aromatic heterocycles. The van der Waals surface area contributed by atoms with E-state index >= 15 is 0 Å². The number of rotatable bonds is 4. The van der Waals surface area contributed by atoms with Crippen LogP contribution in [0.4, 0.5) is 0 Å². The maximum absolute atomic E-state index is 12.4. The Labute approximate surface area is 131 Å². The molecule has 2 N–H and O–H groups in total. The lowest BCUT2D eigenvalue weighted by atomic mass is 9.77. The second kappa shape index (κ2) is 5.99. The van der Waals surface area contributed by atoms with Crippen LogP contribution in [-0.4, -0.2) is 34.0 Å². The molecule has 2 heterocycles. The Kier molecular flexibility index (Phi) is 4.21. The van der Waals surface area contributed by atoms with Crippen molar-refractivity contribution in [2.45, 2.75) is 63.8 Å². The molecule has 1 aliphatic carbocycles. The van der Waals surface area contributed by atoms with Crippen molar-refractivity contribution in [3.63, 3.8) is 0 Å². The van der Waals surface area contributed by atoms with E-state index in [1.807, 2.05) is 18.7 Å². The molecule has 6 heteroatoms. The van der Waals surface area contributed by atoms with Crippen molar-refractivity contribution >= 4 is 5.91 Å². The molecule has 122 valence electrons. The van der Waals surface area contributed by atoms with Crippen LogP contribution >= 0.6 is 0 Å². The number of nitrogens with zero attached hydrogens (tertiary/aromatic N) is 3. The Balaban J connectivity index is 1.68. The van der Waals surface area contributed by atoms with Gasteiger partial charge >= 0.3 is 0 Å². The summed E-state index contributed by atoms with van der Waals surface area (Å²) in [6, 6.07) is 0. The highest BCUT2D eigenvalue weighted by Crippen LogP contribution is 2.38. The van der Waals surface area contributed by atoms with Crippen LogP contribution in [0.2, 0.25) is 0 Å². The number of likely N-dealkylation sites (tertiary alicyclic amines) is 1. The lowest BCUT2D eigenvalue weighted by Gasteiger charge is -2.34. The zero-order chi connectivity index (χ0) is 15.7. The first-order valence-corrected chi connectivity index (χ1v) is 8.45. The maximum atomic E-state index is 12.4. The van der Waals surface area contributed by atoms with Gasteiger partial charge in [0.1, 0.15) is 0 Å². The van der Waals surface area contributed by atoms with E-state index < -0.39 is 0 Å². The minimum Gasteiger partial charge on any atom is -0.342 e. The van der Waals surface area contributed by atoms with Crippen LogP contribution in [0.15, 0.2) is 4.52 Å². The van der Waals surface area contributed by atoms with Crippen molar-refractivity contribution in [2.75, 3.05) is 13.1 Å². The molecule has 2 unspecified atom stereocenters. The average molecular weight is 306 g/mol. The molecule has 0 aromatic carbocycles. The zero-order valence-electron chi connectivity index (χ0n) is 13.5. The maximum Gasteiger partial charge on any atom is 0.231 e. The van der Waals surface area contributed by atoms with E-state index in [2.05, 4.69) is 10.1 Å². The molecule has 2 atom stereocenters. The lowest BCUT2D eigenvalue weighted by Crippen LogP contribution is -2.44. The second-order valence-electron chi connectivity index (χ2n) is 6.90. The monoisotopic (exact) mass is 306 g/mol. The lowest BCUT2D eigenvalue weighted by molar-refractivity contribution is -0.136. The Morgan fingerprint density at radius 2 is 2.27 bits per heavy atom. The molecular weight excluding hydrogens is 280 g/mol. The molecule has 1 saturated carbocycles. The van der Waals surface area contributed by atoms with Crippen LogP contribution in [0.3, 0.4) is 0 Å². The Bertz CT molecular complexity index is 538. The van der Waals surface area contributed by atoms with Crippen LogP contribution in [0.1, 0.15) is 70.0 Å². The van der Waals surface area contributed by atoms with Crippen molar-refractivity contribution in [3.8, 4) is 0 Å². The predicted molar refractivity (Wildman–Crippen MR) is 82.0 cm³/mol. The first-order chi connectivity index (χ1) is 10.5. The van der Waals surface area contributed by atoms with Gasteiger partial charge in [-0.15, -0.1) is 0 Å². The van der Waals surface area contributed by atoms with Gasteiger partial charge in [-0.3, -0.25) is 4.79 Å². The summed E-state index contributed by atoms with van der Waals surface area (Å²) >= 11 is 0. The first-order valence-electron chi connectivity index (χ1n) is 8.45. The smallest absolute Gasteiger partial charge is 0.231 e. The van der Waals surface area contributed by atoms with Gasteiger partial charge in [0.25, 0.3) is 0 Å². The fourth-order valence-corrected chi connectivity index (χ4v) is 3.25. The van der Waals surface area contributed by atoms with Gasteiger partial charge in [-0.1, -0.05) is 19.0 Å². The molecule has 2 aliphatic rings. The standard InChI is InChI=1S/C16H26N4O2/c1-3-11(2)14(21)20-9-4-6-12(10-20)13-18-15(19-22-13)16(17)7-5-8-16/h11-12H,3-10,17H2,1-2H3. The fraction of sp³-hybridized carbons (Fsp3) is 0.812. The van der Waals surface area contributed by atoms with Gasteiger partial charge in [0.2, 0.25) is 11.8 Å². The van der Waals surface area contributed by atoms with Gasteiger partial charge < -0.3 is 15.2 Å². The molecule has 0 radical (unpaired) electrons. The van der Waals surface area contributed by atoms with Crippen LogP contribution in [0.25, 0.3) is 0 Å². The molecule has 6 nitrogen and oxygen atoms in total. The van der Waals surface area contributed by atoms with Crippen molar-refractivity contribution in [1.82, 2.24) is 15.0 Å². The molecule has 3 rings (SSSR count). The van der Waals surface area contributed by atoms with E-state index in [1.165, 1.54) is 0 Å². The Morgan fingerprint density at radius 1 is 1.50 bits per heavy atom. The van der Waals surface area contributed by atoms with Gasteiger partial charge in [0, 0.05) is 19.0 Å². The minimum atomic E-state index is -0.386. The minimum absolute atomic E-state index is 0.0827. The van der Waals surface area contributed by atoms with Crippen LogP contribution < -0.4 is 5.73 Å². The molecule has 22 heavy (non-hydrogen) atoms. The number of piperidine rings is 1. The summed E-state index contributed by atoms with van der Waals surface area (Å²) in [6.07, 6.45) is 5.83. The quantitative estimate of drug-likeness (QED) is 0.921. The van der Waals surface area contributed by atoms with E-state index in [-0.39, 0.29) is 23.3 Å². The van der Waals surface area contributed by atoms with Crippen molar-refractivity contribution < 1.29 is 9.32 Å². The summed E-state index contributed by atoms with van der Waals surface area (Å²) in [5.41, 5.74) is 5.86. The molecule has 0 spiro atoms. The Hall–Kier alpha value is -1.43. The molecule has 1 aromatic rings. The van der Waals surface area contributed by atoms with Crippen LogP contribution in [-0.2, 0) is 10.3 Å². The third-order valence-corrected chi connectivity index (χ3v) is 5.25. The molecule has 0 bridgehead atoms. The average Bonchev–Trinajstić information content (AvgIpc) is 3.01. The summed E-state index contributed by atoms with van der Waals surface area (Å²) in [4.78, 5) is 18.9. The van der Waals surface area contributed by atoms with Crippen molar-refractivity contribution in [3.05, 3.63) is 11.7 Å². The number of carbonyl (C=O) groups excluding carboxylic acids is 1. The number of amides is 1. The normalized spacial score (nSPS) is 25.6. The summed E-state index contributed by atoms with van der Waals surface area (Å²) in [7, 11) is 0. The van der Waals surface area contributed by atoms with E-state index in [9.17, 15) is 4.79 Å². The number of hydrogen-bond acceptors (Lipinski definition) is 5. The number of hydrogen-bond donors (Lipinski definition) is 1. The zero-order valence-corrected chi connectivity index (χ0v) is 13.5. The van der Waals surface area contributed by atoms with Gasteiger partial charge in [0.15, 0.2) is 5.82 Å². The molecule has 1 aliphatic heterocycles. The fourth-order valence-electron chi connectivity index (χ4n) is 3.25. The first kappa shape index (κ1) is 15.5. The molecule has 2 fully saturated rings. The van der Waals surface area contributed by atoms with Gasteiger partial charge in [0.05, 0.1) is 11.5 Å². The van der Waals surface area contributed by atoms with E-state index in [4.69, 9.17) is 10.3 Å². The SMILES string of the molecule is CCC(C)C(=O)N1CCCC(c2nc(C3(N)CCC3)no2)C1. The topological polar surface area (TPSA) is 85.2 Å². The summed E-state index contributed by atoms with van der Waals surface area (Å²) < 4.78 is 5.46. The number of carbonyl (C=O) groups is 1. The van der Waals surface area contributed by atoms with Crippen LogP contribution in [0, 0.1) is 5.92 Å². The highest BCUT2D eigenvalue weighted by atomic mass is 16.5. The van der Waals surface area contributed by atoms with Gasteiger partial charge in [-0.05, 0) is 38.5 Å². The predicted octanol–water partition coefficient (Wildman–Crippen LogP) is 2.16. The van der Waals surface area contributed by atoms with E-state index in [1.54, 1.807) is 0 Å². The number of aromatic nitrogens is 2.